The molecule has 23 heavy (non-hydrogen) atoms. The molecule has 0 unspecified atom stereocenters. The van der Waals surface area contributed by atoms with Crippen molar-refractivity contribution >= 4 is 10.0 Å². The van der Waals surface area contributed by atoms with Crippen LogP contribution in [0.15, 0.2) is 21.8 Å². The van der Waals surface area contributed by atoms with Gasteiger partial charge in [-0.15, -0.1) is 0 Å². The topological polar surface area (TPSA) is 103 Å². The summed E-state index contributed by atoms with van der Waals surface area (Å²) in [7, 11) is -1.99. The number of nitrogens with zero attached hydrogens (tertiary/aromatic N) is 4. The molecule has 1 N–H and O–H groups in total. The molecule has 2 heterocycles. The van der Waals surface area contributed by atoms with Crippen molar-refractivity contribution in [1.29, 1.82) is 0 Å². The van der Waals surface area contributed by atoms with Crippen LogP contribution in [0.25, 0.3) is 0 Å². The average Bonchev–Trinajstić information content (AvgIpc) is 2.94. The Hall–Kier alpha value is -1.74. The maximum absolute atomic E-state index is 12.7. The molecule has 9 heteroatoms. The highest BCUT2D eigenvalue weighted by Gasteiger charge is 2.44. The minimum atomic E-state index is -3.68. The summed E-state index contributed by atoms with van der Waals surface area (Å²) in [6.07, 6.45) is 8.18. The minimum absolute atomic E-state index is 0.150. The van der Waals surface area contributed by atoms with Crippen molar-refractivity contribution in [1.82, 2.24) is 24.6 Å². The number of aryl methyl sites for hydroxylation is 1. The highest BCUT2D eigenvalue weighted by atomic mass is 32.2. The highest BCUT2D eigenvalue weighted by Crippen LogP contribution is 2.42. The first-order chi connectivity index (χ1) is 11.0. The maximum atomic E-state index is 12.7. The summed E-state index contributed by atoms with van der Waals surface area (Å²) in [5, 5.41) is 8.02. The lowest BCUT2D eigenvalue weighted by Gasteiger charge is -2.25. The summed E-state index contributed by atoms with van der Waals surface area (Å²) in [5.41, 5.74) is -0.773. The van der Waals surface area contributed by atoms with Crippen LogP contribution in [-0.4, -0.2) is 28.3 Å². The van der Waals surface area contributed by atoms with Gasteiger partial charge in [-0.1, -0.05) is 18.0 Å². The fraction of sp³-hybridized carbons (Fsp3) is 0.643. The number of sulfonamides is 1. The fourth-order valence-electron chi connectivity index (χ4n) is 3.13. The Kier molecular flexibility index (Phi) is 3.31. The number of aromatic nitrogens is 4. The zero-order chi connectivity index (χ0) is 16.1. The Bertz CT molecular complexity index is 815. The molecule has 0 atom stereocenters. The van der Waals surface area contributed by atoms with Gasteiger partial charge in [-0.25, -0.2) is 8.42 Å². The molecule has 0 aromatic carbocycles. The lowest BCUT2D eigenvalue weighted by atomic mass is 9.98. The van der Waals surface area contributed by atoms with Crippen molar-refractivity contribution < 1.29 is 12.9 Å². The molecule has 4 rings (SSSR count). The Balaban J connectivity index is 1.66. The van der Waals surface area contributed by atoms with E-state index in [1.165, 1.54) is 17.1 Å². The van der Waals surface area contributed by atoms with Crippen molar-refractivity contribution in [3.63, 3.8) is 0 Å². The van der Waals surface area contributed by atoms with Crippen molar-refractivity contribution in [3.05, 3.63) is 24.1 Å². The summed E-state index contributed by atoms with van der Waals surface area (Å²) in [6.45, 7) is 0. The molecule has 0 spiro atoms. The normalized spacial score (nSPS) is 20.9. The lowest BCUT2D eigenvalue weighted by molar-refractivity contribution is 0.333. The Morgan fingerprint density at radius 3 is 2.70 bits per heavy atom. The van der Waals surface area contributed by atoms with E-state index < -0.39 is 15.6 Å². The van der Waals surface area contributed by atoms with E-state index in [2.05, 4.69) is 20.0 Å². The summed E-state index contributed by atoms with van der Waals surface area (Å²) in [6, 6.07) is 0. The van der Waals surface area contributed by atoms with E-state index in [1.807, 2.05) is 0 Å². The maximum Gasteiger partial charge on any atom is 0.244 e. The number of rotatable bonds is 5. The third kappa shape index (κ3) is 2.67. The Morgan fingerprint density at radius 1 is 1.35 bits per heavy atom. The summed E-state index contributed by atoms with van der Waals surface area (Å²) < 4.78 is 35.0. The minimum Gasteiger partial charge on any atom is -0.339 e. The van der Waals surface area contributed by atoms with E-state index >= 15 is 0 Å². The van der Waals surface area contributed by atoms with Crippen molar-refractivity contribution in [2.45, 2.75) is 54.9 Å². The predicted octanol–water partition coefficient (Wildman–Crippen LogP) is 1.43. The van der Waals surface area contributed by atoms with Crippen molar-refractivity contribution in [3.8, 4) is 0 Å². The van der Waals surface area contributed by atoms with Gasteiger partial charge < -0.3 is 4.52 Å². The number of hydrogen-bond acceptors (Lipinski definition) is 6. The van der Waals surface area contributed by atoms with Gasteiger partial charge in [-0.3, -0.25) is 4.68 Å². The van der Waals surface area contributed by atoms with Gasteiger partial charge in [0.2, 0.25) is 15.9 Å². The second-order valence-electron chi connectivity index (χ2n) is 6.47. The first-order valence-electron chi connectivity index (χ1n) is 7.85. The van der Waals surface area contributed by atoms with E-state index in [0.717, 1.165) is 25.7 Å². The zero-order valence-electron chi connectivity index (χ0n) is 12.9. The van der Waals surface area contributed by atoms with E-state index in [-0.39, 0.29) is 4.90 Å². The fourth-order valence-corrected chi connectivity index (χ4v) is 4.53. The summed E-state index contributed by atoms with van der Waals surface area (Å²) in [4.78, 5) is 4.63. The molecule has 0 bridgehead atoms. The van der Waals surface area contributed by atoms with Gasteiger partial charge in [-0.05, 0) is 25.7 Å². The molecule has 2 aliphatic rings. The quantitative estimate of drug-likeness (QED) is 0.885. The predicted molar refractivity (Wildman–Crippen MR) is 79.9 cm³/mol. The van der Waals surface area contributed by atoms with Crippen LogP contribution >= 0.6 is 0 Å². The van der Waals surface area contributed by atoms with Crippen LogP contribution in [0.2, 0.25) is 0 Å². The first kappa shape index (κ1) is 14.8. The largest absolute Gasteiger partial charge is 0.339 e. The molecule has 2 fully saturated rings. The van der Waals surface area contributed by atoms with E-state index in [4.69, 9.17) is 4.52 Å². The van der Waals surface area contributed by atoms with Crippen LogP contribution in [-0.2, 0) is 22.6 Å². The zero-order valence-corrected chi connectivity index (χ0v) is 13.7. The third-order valence-electron chi connectivity index (χ3n) is 4.57. The SMILES string of the molecule is Cn1cc(S(=O)(=O)NC2(c3noc(C4CC4)n3)CCCC2)cn1. The molecule has 8 nitrogen and oxygen atoms in total. The molecule has 2 saturated carbocycles. The molecular formula is C14H19N5O3S. The second kappa shape index (κ2) is 5.13. The van der Waals surface area contributed by atoms with Gasteiger partial charge in [0.25, 0.3) is 0 Å². The van der Waals surface area contributed by atoms with E-state index in [9.17, 15) is 8.42 Å². The van der Waals surface area contributed by atoms with E-state index in [0.29, 0.717) is 30.5 Å². The monoisotopic (exact) mass is 337 g/mol. The molecular weight excluding hydrogens is 318 g/mol. The smallest absolute Gasteiger partial charge is 0.244 e. The Morgan fingerprint density at radius 2 is 2.09 bits per heavy atom. The van der Waals surface area contributed by atoms with E-state index in [1.54, 1.807) is 7.05 Å². The number of nitrogens with one attached hydrogen (secondary N) is 1. The molecule has 2 aliphatic carbocycles. The van der Waals surface area contributed by atoms with Crippen LogP contribution in [0, 0.1) is 0 Å². The van der Waals surface area contributed by atoms with Crippen LogP contribution in [0.5, 0.6) is 0 Å². The molecule has 2 aromatic rings. The van der Waals surface area contributed by atoms with Crippen LogP contribution in [0.3, 0.4) is 0 Å². The molecule has 0 amide bonds. The third-order valence-corrected chi connectivity index (χ3v) is 6.07. The Labute approximate surface area is 134 Å². The first-order valence-corrected chi connectivity index (χ1v) is 9.34. The molecule has 0 radical (unpaired) electrons. The molecule has 124 valence electrons. The molecule has 0 aliphatic heterocycles. The van der Waals surface area contributed by atoms with Crippen LogP contribution in [0.1, 0.15) is 56.2 Å². The molecule has 0 saturated heterocycles. The van der Waals surface area contributed by atoms with Gasteiger partial charge in [-0.2, -0.15) is 14.8 Å². The standard InChI is InChI=1S/C14H19N5O3S/c1-19-9-11(8-15-19)23(20,21)18-14(6-2-3-7-14)13-16-12(22-17-13)10-4-5-10/h8-10,18H,2-7H2,1H3. The lowest BCUT2D eigenvalue weighted by Crippen LogP contribution is -2.44. The average molecular weight is 337 g/mol. The highest BCUT2D eigenvalue weighted by molar-refractivity contribution is 7.89. The van der Waals surface area contributed by atoms with Gasteiger partial charge in [0.1, 0.15) is 4.90 Å². The second-order valence-corrected chi connectivity index (χ2v) is 8.16. The number of hydrogen-bond donors (Lipinski definition) is 1. The van der Waals surface area contributed by atoms with Gasteiger partial charge >= 0.3 is 0 Å². The van der Waals surface area contributed by atoms with Crippen molar-refractivity contribution in [2.24, 2.45) is 7.05 Å². The van der Waals surface area contributed by atoms with Crippen LogP contribution < -0.4 is 4.72 Å². The van der Waals surface area contributed by atoms with Crippen LogP contribution in [0.4, 0.5) is 0 Å². The van der Waals surface area contributed by atoms with Gasteiger partial charge in [0.15, 0.2) is 5.82 Å². The van der Waals surface area contributed by atoms with Gasteiger partial charge in [0.05, 0.1) is 11.7 Å². The summed E-state index contributed by atoms with van der Waals surface area (Å²) in [5.74, 6) is 1.45. The van der Waals surface area contributed by atoms with Crippen molar-refractivity contribution in [2.75, 3.05) is 0 Å². The molecule has 2 aromatic heterocycles. The summed E-state index contributed by atoms with van der Waals surface area (Å²) >= 11 is 0. The van der Waals surface area contributed by atoms with Gasteiger partial charge in [0, 0.05) is 19.2 Å².